The van der Waals surface area contributed by atoms with Gasteiger partial charge in [-0.25, -0.2) is 19.9 Å². The molecule has 0 aliphatic carbocycles. The first-order valence-corrected chi connectivity index (χ1v) is 9.32. The first-order chi connectivity index (χ1) is 13.6. The molecule has 0 saturated carbocycles. The standard InChI is InChI=1S/C17H16F3N7OS/c1-9-6-10(2)23-15(22-9)27-13(7-11(3)26-27)25-14(28)8-29-16-21-5-4-12(24-16)17(18,19)20/h4-7H,8H2,1-3H3,(H,25,28). The molecule has 0 atom stereocenters. The Hall–Kier alpha value is -3.02. The van der Waals surface area contributed by atoms with Gasteiger partial charge >= 0.3 is 6.18 Å². The predicted octanol–water partition coefficient (Wildman–Crippen LogP) is 3.13. The van der Waals surface area contributed by atoms with Gasteiger partial charge in [0.15, 0.2) is 5.16 Å². The summed E-state index contributed by atoms with van der Waals surface area (Å²) in [5.41, 5.74) is 1.07. The molecule has 3 heterocycles. The van der Waals surface area contributed by atoms with Gasteiger partial charge in [0, 0.05) is 23.7 Å². The summed E-state index contributed by atoms with van der Waals surface area (Å²) in [5, 5.41) is 6.82. The third-order valence-electron chi connectivity index (χ3n) is 3.52. The van der Waals surface area contributed by atoms with Gasteiger partial charge in [0.05, 0.1) is 11.4 Å². The number of carbonyl (C=O) groups is 1. The molecule has 152 valence electrons. The van der Waals surface area contributed by atoms with Crippen LogP contribution in [0.15, 0.2) is 29.6 Å². The van der Waals surface area contributed by atoms with Crippen molar-refractivity contribution in [2.45, 2.75) is 32.1 Å². The van der Waals surface area contributed by atoms with Crippen LogP contribution in [0.3, 0.4) is 0 Å². The zero-order valence-electron chi connectivity index (χ0n) is 15.7. The normalized spacial score (nSPS) is 11.5. The monoisotopic (exact) mass is 423 g/mol. The van der Waals surface area contributed by atoms with Crippen molar-refractivity contribution in [3.8, 4) is 5.95 Å². The second kappa shape index (κ2) is 8.15. The summed E-state index contributed by atoms with van der Waals surface area (Å²) in [6, 6.07) is 4.23. The molecule has 1 amide bonds. The van der Waals surface area contributed by atoms with E-state index in [0.717, 1.165) is 35.4 Å². The SMILES string of the molecule is Cc1cc(C)nc(-n2nc(C)cc2NC(=O)CSc2nccc(C(F)(F)F)n2)n1. The summed E-state index contributed by atoms with van der Waals surface area (Å²) in [6.45, 7) is 5.39. The van der Waals surface area contributed by atoms with Crippen LogP contribution in [-0.4, -0.2) is 41.4 Å². The minimum Gasteiger partial charge on any atom is -0.310 e. The topological polar surface area (TPSA) is 98.5 Å². The summed E-state index contributed by atoms with van der Waals surface area (Å²) in [4.78, 5) is 28.1. The number of hydrogen-bond acceptors (Lipinski definition) is 7. The van der Waals surface area contributed by atoms with Gasteiger partial charge in [0.25, 0.3) is 5.95 Å². The number of thioether (sulfide) groups is 1. The molecule has 0 radical (unpaired) electrons. The maximum Gasteiger partial charge on any atom is 0.433 e. The van der Waals surface area contributed by atoms with Gasteiger partial charge in [-0.2, -0.15) is 23.0 Å². The van der Waals surface area contributed by atoms with E-state index >= 15 is 0 Å². The molecule has 3 aromatic rings. The van der Waals surface area contributed by atoms with Gasteiger partial charge in [-0.05, 0) is 32.9 Å². The van der Waals surface area contributed by atoms with Crippen molar-refractivity contribution in [3.05, 3.63) is 47.2 Å². The van der Waals surface area contributed by atoms with Crippen LogP contribution in [-0.2, 0) is 11.0 Å². The average molecular weight is 423 g/mol. The third-order valence-corrected chi connectivity index (χ3v) is 4.38. The highest BCUT2D eigenvalue weighted by Gasteiger charge is 2.32. The van der Waals surface area contributed by atoms with Crippen LogP contribution in [0, 0.1) is 20.8 Å². The van der Waals surface area contributed by atoms with Crippen LogP contribution in [0.2, 0.25) is 0 Å². The minimum atomic E-state index is -4.57. The Kier molecular flexibility index (Phi) is 5.82. The molecule has 3 aromatic heterocycles. The van der Waals surface area contributed by atoms with Crippen LogP contribution in [0.5, 0.6) is 0 Å². The lowest BCUT2D eigenvalue weighted by Crippen LogP contribution is -2.18. The fourth-order valence-corrected chi connectivity index (χ4v) is 3.05. The van der Waals surface area contributed by atoms with E-state index in [-0.39, 0.29) is 10.9 Å². The zero-order valence-corrected chi connectivity index (χ0v) is 16.5. The van der Waals surface area contributed by atoms with E-state index in [9.17, 15) is 18.0 Å². The van der Waals surface area contributed by atoms with Crippen molar-refractivity contribution in [1.82, 2.24) is 29.7 Å². The van der Waals surface area contributed by atoms with E-state index in [1.54, 1.807) is 13.0 Å². The Balaban J connectivity index is 1.72. The quantitative estimate of drug-likeness (QED) is 0.497. The Bertz CT molecular complexity index is 1030. The van der Waals surface area contributed by atoms with E-state index < -0.39 is 17.8 Å². The lowest BCUT2D eigenvalue weighted by atomic mass is 10.4. The summed E-state index contributed by atoms with van der Waals surface area (Å²) in [5.74, 6) is 0.0172. The highest BCUT2D eigenvalue weighted by molar-refractivity contribution is 7.99. The Labute approximate surface area is 168 Å². The molecule has 0 bridgehead atoms. The highest BCUT2D eigenvalue weighted by atomic mass is 32.2. The molecule has 0 spiro atoms. The number of halogens is 3. The lowest BCUT2D eigenvalue weighted by Gasteiger charge is -2.09. The Morgan fingerprint density at radius 3 is 2.45 bits per heavy atom. The first kappa shape index (κ1) is 20.7. The van der Waals surface area contributed by atoms with Crippen molar-refractivity contribution in [3.63, 3.8) is 0 Å². The Morgan fingerprint density at radius 1 is 1.10 bits per heavy atom. The van der Waals surface area contributed by atoms with Gasteiger partial charge in [-0.1, -0.05) is 11.8 Å². The third kappa shape index (κ3) is 5.28. The molecule has 12 heteroatoms. The van der Waals surface area contributed by atoms with E-state index in [1.165, 1.54) is 4.68 Å². The van der Waals surface area contributed by atoms with Crippen LogP contribution >= 0.6 is 11.8 Å². The summed E-state index contributed by atoms with van der Waals surface area (Å²) in [7, 11) is 0. The lowest BCUT2D eigenvalue weighted by molar-refractivity contribution is -0.141. The minimum absolute atomic E-state index is 0.141. The predicted molar refractivity (Wildman–Crippen MR) is 99.8 cm³/mol. The van der Waals surface area contributed by atoms with Crippen molar-refractivity contribution in [2.24, 2.45) is 0 Å². The number of rotatable bonds is 5. The molecule has 3 rings (SSSR count). The number of nitrogens with zero attached hydrogens (tertiary/aromatic N) is 6. The van der Waals surface area contributed by atoms with Gasteiger partial charge < -0.3 is 5.32 Å². The fraction of sp³-hybridized carbons (Fsp3) is 0.294. The van der Waals surface area contributed by atoms with E-state index in [0.29, 0.717) is 17.5 Å². The number of hydrogen-bond donors (Lipinski definition) is 1. The summed E-state index contributed by atoms with van der Waals surface area (Å²) in [6.07, 6.45) is -3.57. The van der Waals surface area contributed by atoms with Crippen molar-refractivity contribution in [2.75, 3.05) is 11.1 Å². The van der Waals surface area contributed by atoms with Crippen molar-refractivity contribution in [1.29, 1.82) is 0 Å². The molecule has 8 nitrogen and oxygen atoms in total. The van der Waals surface area contributed by atoms with Gasteiger partial charge in [0.2, 0.25) is 5.91 Å². The molecule has 0 saturated heterocycles. The van der Waals surface area contributed by atoms with Crippen molar-refractivity contribution < 1.29 is 18.0 Å². The number of anilines is 1. The van der Waals surface area contributed by atoms with Crippen LogP contribution in [0.25, 0.3) is 5.95 Å². The average Bonchev–Trinajstić information content (AvgIpc) is 2.99. The summed E-state index contributed by atoms with van der Waals surface area (Å²) < 4.78 is 39.6. The summed E-state index contributed by atoms with van der Waals surface area (Å²) >= 11 is 0.796. The molecule has 1 N–H and O–H groups in total. The highest BCUT2D eigenvalue weighted by Crippen LogP contribution is 2.28. The number of carbonyl (C=O) groups excluding carboxylic acids is 1. The molecule has 0 fully saturated rings. The van der Waals surface area contributed by atoms with Crippen molar-refractivity contribution >= 4 is 23.5 Å². The number of amides is 1. The fourth-order valence-electron chi connectivity index (χ4n) is 2.42. The number of nitrogens with one attached hydrogen (secondary N) is 1. The van der Waals surface area contributed by atoms with Gasteiger partial charge in [0.1, 0.15) is 11.5 Å². The molecule has 0 aliphatic rings. The van der Waals surface area contributed by atoms with Gasteiger partial charge in [-0.3, -0.25) is 4.79 Å². The maximum atomic E-state index is 12.7. The molecular weight excluding hydrogens is 407 g/mol. The van der Waals surface area contributed by atoms with E-state index in [2.05, 4.69) is 30.4 Å². The number of alkyl halides is 3. The first-order valence-electron chi connectivity index (χ1n) is 8.34. The van der Waals surface area contributed by atoms with Crippen LogP contribution in [0.4, 0.5) is 19.0 Å². The number of aryl methyl sites for hydroxylation is 3. The molecule has 29 heavy (non-hydrogen) atoms. The smallest absolute Gasteiger partial charge is 0.310 e. The molecule has 0 aliphatic heterocycles. The second-order valence-electron chi connectivity index (χ2n) is 6.09. The van der Waals surface area contributed by atoms with E-state index in [4.69, 9.17) is 0 Å². The Morgan fingerprint density at radius 2 is 1.79 bits per heavy atom. The van der Waals surface area contributed by atoms with Gasteiger partial charge in [-0.15, -0.1) is 0 Å². The van der Waals surface area contributed by atoms with Crippen LogP contribution < -0.4 is 5.32 Å². The number of aromatic nitrogens is 6. The largest absolute Gasteiger partial charge is 0.433 e. The maximum absolute atomic E-state index is 12.7. The second-order valence-corrected chi connectivity index (χ2v) is 7.04. The molecular formula is C17H16F3N7OS. The molecule has 0 unspecified atom stereocenters. The van der Waals surface area contributed by atoms with E-state index in [1.807, 2.05) is 19.9 Å². The van der Waals surface area contributed by atoms with Crippen LogP contribution in [0.1, 0.15) is 22.8 Å². The zero-order chi connectivity index (χ0) is 21.2. The molecule has 0 aromatic carbocycles.